The van der Waals surface area contributed by atoms with Crippen LogP contribution in [0.1, 0.15) is 4.88 Å². The van der Waals surface area contributed by atoms with Gasteiger partial charge in [-0.25, -0.2) is 0 Å². The molecule has 0 amide bonds. The Morgan fingerprint density at radius 2 is 2.12 bits per heavy atom. The van der Waals surface area contributed by atoms with Crippen molar-refractivity contribution in [1.29, 1.82) is 0 Å². The summed E-state index contributed by atoms with van der Waals surface area (Å²) in [6.45, 7) is 0.640. The lowest BCUT2D eigenvalue weighted by atomic mass is 10.3. The topological polar surface area (TPSA) is 44.5 Å². The van der Waals surface area contributed by atoms with Crippen molar-refractivity contribution in [3.05, 3.63) is 40.6 Å². The molecular weight excluding hydrogens is 234 g/mol. The number of hydrogen-bond donors (Lipinski definition) is 1. The summed E-state index contributed by atoms with van der Waals surface area (Å²) in [5, 5.41) is 2.07. The van der Waals surface area contributed by atoms with E-state index in [0.29, 0.717) is 18.0 Å². The first-order valence-corrected chi connectivity index (χ1v) is 6.26. The maximum absolute atomic E-state index is 5.68. The Hall–Kier alpha value is -1.68. The fraction of sp³-hybridized carbons (Fsp3) is 0.231. The maximum atomic E-state index is 5.68. The van der Waals surface area contributed by atoms with Gasteiger partial charge >= 0.3 is 0 Å². The van der Waals surface area contributed by atoms with Crippen LogP contribution >= 0.6 is 11.3 Å². The van der Waals surface area contributed by atoms with Gasteiger partial charge in [0.05, 0.1) is 13.7 Å². The summed E-state index contributed by atoms with van der Waals surface area (Å²) in [4.78, 5) is 1.32. The standard InChI is InChI=1S/C13H15NO2S/c1-15-13-9-10(14)4-5-12(13)16-7-6-11-3-2-8-17-11/h2-5,8-9H,6-7,14H2,1H3. The molecule has 0 aliphatic rings. The lowest BCUT2D eigenvalue weighted by molar-refractivity contribution is 0.298. The quantitative estimate of drug-likeness (QED) is 0.829. The highest BCUT2D eigenvalue weighted by Gasteiger charge is 2.04. The largest absolute Gasteiger partial charge is 0.493 e. The number of benzene rings is 1. The lowest BCUT2D eigenvalue weighted by Crippen LogP contribution is -2.02. The Balaban J connectivity index is 1.94. The fourth-order valence-electron chi connectivity index (χ4n) is 1.52. The van der Waals surface area contributed by atoms with Gasteiger partial charge in [-0.15, -0.1) is 11.3 Å². The van der Waals surface area contributed by atoms with Crippen molar-refractivity contribution in [1.82, 2.24) is 0 Å². The first kappa shape index (κ1) is 11.8. The molecule has 1 aromatic heterocycles. The van der Waals surface area contributed by atoms with Crippen LogP contribution in [-0.4, -0.2) is 13.7 Å². The molecule has 0 unspecified atom stereocenters. The summed E-state index contributed by atoms with van der Waals surface area (Å²) in [6, 6.07) is 9.56. The Morgan fingerprint density at radius 3 is 2.82 bits per heavy atom. The third-order valence-corrected chi connectivity index (χ3v) is 3.31. The summed E-state index contributed by atoms with van der Waals surface area (Å²) >= 11 is 1.74. The van der Waals surface area contributed by atoms with Crippen LogP contribution in [0.15, 0.2) is 35.7 Å². The van der Waals surface area contributed by atoms with E-state index in [1.807, 2.05) is 18.2 Å². The van der Waals surface area contributed by atoms with Crippen LogP contribution < -0.4 is 15.2 Å². The van der Waals surface area contributed by atoms with E-state index in [0.717, 1.165) is 12.2 Å². The van der Waals surface area contributed by atoms with Gasteiger partial charge in [0.25, 0.3) is 0 Å². The van der Waals surface area contributed by atoms with Crippen LogP contribution in [0.4, 0.5) is 5.69 Å². The average molecular weight is 249 g/mol. The van der Waals surface area contributed by atoms with Crippen molar-refractivity contribution >= 4 is 17.0 Å². The number of methoxy groups -OCH3 is 1. The van der Waals surface area contributed by atoms with Gasteiger partial charge in [-0.3, -0.25) is 0 Å². The molecule has 2 rings (SSSR count). The van der Waals surface area contributed by atoms with Crippen LogP contribution in [0.3, 0.4) is 0 Å². The molecule has 90 valence electrons. The maximum Gasteiger partial charge on any atom is 0.162 e. The Labute approximate surface area is 105 Å². The first-order chi connectivity index (χ1) is 8.29. The number of thiophene rings is 1. The number of nitrogens with two attached hydrogens (primary N) is 1. The Kier molecular flexibility index (Phi) is 3.88. The molecule has 1 heterocycles. The predicted molar refractivity (Wildman–Crippen MR) is 70.9 cm³/mol. The molecule has 3 nitrogen and oxygen atoms in total. The van der Waals surface area contributed by atoms with Crippen molar-refractivity contribution in [2.75, 3.05) is 19.5 Å². The zero-order valence-corrected chi connectivity index (χ0v) is 10.5. The highest BCUT2D eigenvalue weighted by atomic mass is 32.1. The van der Waals surface area contributed by atoms with Crippen LogP contribution in [-0.2, 0) is 6.42 Å². The molecule has 0 atom stereocenters. The van der Waals surface area contributed by atoms with Gasteiger partial charge in [0, 0.05) is 23.1 Å². The number of anilines is 1. The summed E-state index contributed by atoms with van der Waals surface area (Å²) in [7, 11) is 1.61. The molecule has 2 aromatic rings. The van der Waals surface area contributed by atoms with Crippen molar-refractivity contribution in [3.8, 4) is 11.5 Å². The molecule has 0 saturated heterocycles. The first-order valence-electron chi connectivity index (χ1n) is 5.38. The third-order valence-electron chi connectivity index (χ3n) is 2.37. The molecule has 0 fully saturated rings. The second-order valence-electron chi connectivity index (χ2n) is 3.59. The molecule has 0 spiro atoms. The van der Waals surface area contributed by atoms with Crippen molar-refractivity contribution in [2.24, 2.45) is 0 Å². The molecule has 0 bridgehead atoms. The zero-order chi connectivity index (χ0) is 12.1. The van der Waals surface area contributed by atoms with E-state index in [4.69, 9.17) is 15.2 Å². The van der Waals surface area contributed by atoms with E-state index in [2.05, 4.69) is 11.4 Å². The normalized spacial score (nSPS) is 10.2. The van der Waals surface area contributed by atoms with Crippen LogP contribution in [0.5, 0.6) is 11.5 Å². The Morgan fingerprint density at radius 1 is 1.24 bits per heavy atom. The minimum absolute atomic E-state index is 0.640. The molecule has 1 aromatic carbocycles. The van der Waals surface area contributed by atoms with E-state index < -0.39 is 0 Å². The molecule has 2 N–H and O–H groups in total. The summed E-state index contributed by atoms with van der Waals surface area (Å²) in [6.07, 6.45) is 0.908. The van der Waals surface area contributed by atoms with Gasteiger partial charge in [0.15, 0.2) is 11.5 Å². The van der Waals surface area contributed by atoms with E-state index in [1.165, 1.54) is 4.88 Å². The zero-order valence-electron chi connectivity index (χ0n) is 9.68. The molecule has 0 radical (unpaired) electrons. The highest BCUT2D eigenvalue weighted by Crippen LogP contribution is 2.29. The van der Waals surface area contributed by atoms with E-state index in [9.17, 15) is 0 Å². The summed E-state index contributed by atoms with van der Waals surface area (Å²) in [5.41, 5.74) is 6.35. The molecular formula is C13H15NO2S. The minimum atomic E-state index is 0.640. The van der Waals surface area contributed by atoms with E-state index in [1.54, 1.807) is 24.5 Å². The van der Waals surface area contributed by atoms with Gasteiger partial charge in [-0.2, -0.15) is 0 Å². The monoisotopic (exact) mass is 249 g/mol. The molecule has 17 heavy (non-hydrogen) atoms. The predicted octanol–water partition coefficient (Wildman–Crippen LogP) is 2.96. The van der Waals surface area contributed by atoms with Gasteiger partial charge < -0.3 is 15.2 Å². The van der Waals surface area contributed by atoms with Gasteiger partial charge in [0.1, 0.15) is 0 Å². The smallest absolute Gasteiger partial charge is 0.162 e. The summed E-state index contributed by atoms with van der Waals surface area (Å²) < 4.78 is 10.9. The second-order valence-corrected chi connectivity index (χ2v) is 4.62. The molecule has 4 heteroatoms. The van der Waals surface area contributed by atoms with Crippen molar-refractivity contribution < 1.29 is 9.47 Å². The average Bonchev–Trinajstić information content (AvgIpc) is 2.84. The van der Waals surface area contributed by atoms with Crippen molar-refractivity contribution in [3.63, 3.8) is 0 Å². The number of nitrogen functional groups attached to an aromatic ring is 1. The number of rotatable bonds is 5. The highest BCUT2D eigenvalue weighted by molar-refractivity contribution is 7.09. The third kappa shape index (κ3) is 3.14. The van der Waals surface area contributed by atoms with E-state index in [-0.39, 0.29) is 0 Å². The molecule has 0 aliphatic carbocycles. The van der Waals surface area contributed by atoms with Crippen LogP contribution in [0.2, 0.25) is 0 Å². The van der Waals surface area contributed by atoms with E-state index >= 15 is 0 Å². The number of ether oxygens (including phenoxy) is 2. The minimum Gasteiger partial charge on any atom is -0.493 e. The number of hydrogen-bond acceptors (Lipinski definition) is 4. The second kappa shape index (κ2) is 5.59. The lowest BCUT2D eigenvalue weighted by Gasteiger charge is -2.10. The van der Waals surface area contributed by atoms with Gasteiger partial charge in [-0.05, 0) is 23.6 Å². The van der Waals surface area contributed by atoms with Gasteiger partial charge in [0.2, 0.25) is 0 Å². The van der Waals surface area contributed by atoms with Crippen LogP contribution in [0.25, 0.3) is 0 Å². The summed E-state index contributed by atoms with van der Waals surface area (Å²) in [5.74, 6) is 1.41. The fourth-order valence-corrected chi connectivity index (χ4v) is 2.21. The SMILES string of the molecule is COc1cc(N)ccc1OCCc1cccs1. The van der Waals surface area contributed by atoms with Gasteiger partial charge in [-0.1, -0.05) is 6.07 Å². The molecule has 0 aliphatic heterocycles. The van der Waals surface area contributed by atoms with Crippen molar-refractivity contribution in [2.45, 2.75) is 6.42 Å². The van der Waals surface area contributed by atoms with Crippen LogP contribution in [0, 0.1) is 0 Å². The molecule has 0 saturated carbocycles. The Bertz CT molecular complexity index is 468.